The van der Waals surface area contributed by atoms with Crippen LogP contribution in [0.2, 0.25) is 0 Å². The van der Waals surface area contributed by atoms with Crippen molar-refractivity contribution in [2.45, 2.75) is 25.9 Å². The zero-order valence-electron chi connectivity index (χ0n) is 17.3. The molecular weight excluding hydrogens is 392 g/mol. The number of nitriles is 1. The second-order valence-corrected chi connectivity index (χ2v) is 7.27. The maximum absolute atomic E-state index is 11.8. The first-order valence-corrected chi connectivity index (χ1v) is 10.1. The van der Waals surface area contributed by atoms with Gasteiger partial charge in [0.05, 0.1) is 37.5 Å². The normalized spacial score (nSPS) is 12.9. The molecule has 0 atom stereocenters. The monoisotopic (exact) mass is 414 g/mol. The van der Waals surface area contributed by atoms with Crippen LogP contribution in [0, 0.1) is 11.3 Å². The van der Waals surface area contributed by atoms with Gasteiger partial charge in [0.25, 0.3) is 0 Å². The van der Waals surface area contributed by atoms with Crippen LogP contribution in [-0.2, 0) is 29.0 Å². The molecule has 6 nitrogen and oxygen atoms in total. The number of pyridine rings is 1. The quantitative estimate of drug-likeness (QED) is 0.584. The van der Waals surface area contributed by atoms with Gasteiger partial charge in [-0.2, -0.15) is 5.26 Å². The van der Waals surface area contributed by atoms with Crippen molar-refractivity contribution in [3.63, 3.8) is 0 Å². The molecule has 156 valence electrons. The molecule has 2 heterocycles. The lowest BCUT2D eigenvalue weighted by Crippen LogP contribution is -2.09. The number of esters is 1. The predicted octanol–water partition coefficient (Wildman–Crippen LogP) is 4.24. The second-order valence-electron chi connectivity index (χ2n) is 7.27. The Bertz CT molecular complexity index is 1150. The number of nitrogens with zero attached hydrogens (tertiary/aromatic N) is 2. The number of aromatic nitrogens is 1. The summed E-state index contributed by atoms with van der Waals surface area (Å²) in [4.78, 5) is 16.4. The summed E-state index contributed by atoms with van der Waals surface area (Å²) in [5.41, 5.74) is 5.10. The summed E-state index contributed by atoms with van der Waals surface area (Å²) < 4.78 is 16.9. The summed E-state index contributed by atoms with van der Waals surface area (Å²) >= 11 is 0. The summed E-state index contributed by atoms with van der Waals surface area (Å²) in [5, 5.41) is 9.26. The van der Waals surface area contributed by atoms with Crippen molar-refractivity contribution in [3.8, 4) is 29.0 Å². The molecule has 2 aromatic carbocycles. The van der Waals surface area contributed by atoms with Gasteiger partial charge in [0.15, 0.2) is 0 Å². The topological polar surface area (TPSA) is 81.4 Å². The average Bonchev–Trinajstić information content (AvgIpc) is 2.81. The van der Waals surface area contributed by atoms with E-state index in [0.717, 1.165) is 40.8 Å². The van der Waals surface area contributed by atoms with Crippen molar-refractivity contribution in [2.75, 3.05) is 13.7 Å². The van der Waals surface area contributed by atoms with Crippen LogP contribution in [0.15, 0.2) is 54.6 Å². The maximum Gasteiger partial charge on any atom is 0.310 e. The Balaban J connectivity index is 1.71. The molecule has 31 heavy (non-hydrogen) atoms. The fourth-order valence-corrected chi connectivity index (χ4v) is 3.54. The predicted molar refractivity (Wildman–Crippen MR) is 115 cm³/mol. The van der Waals surface area contributed by atoms with Crippen LogP contribution in [0.5, 0.6) is 11.6 Å². The van der Waals surface area contributed by atoms with Crippen molar-refractivity contribution in [1.29, 1.82) is 5.26 Å². The number of carbonyl (C=O) groups excluding carboxylic acids is 1. The molecule has 4 bridgehead atoms. The van der Waals surface area contributed by atoms with Crippen LogP contribution in [0.4, 0.5) is 0 Å². The van der Waals surface area contributed by atoms with Gasteiger partial charge in [0.1, 0.15) is 12.4 Å². The highest BCUT2D eigenvalue weighted by Crippen LogP contribution is 2.29. The fourth-order valence-electron chi connectivity index (χ4n) is 3.54. The molecule has 1 aliphatic rings. The molecule has 3 aromatic rings. The van der Waals surface area contributed by atoms with E-state index in [2.05, 4.69) is 11.1 Å². The molecule has 0 unspecified atom stereocenters. The highest BCUT2D eigenvalue weighted by molar-refractivity contribution is 5.74. The van der Waals surface area contributed by atoms with E-state index in [0.29, 0.717) is 30.4 Å². The molecule has 1 aromatic heterocycles. The van der Waals surface area contributed by atoms with Crippen molar-refractivity contribution >= 4 is 5.97 Å². The molecule has 0 radical (unpaired) electrons. The Labute approximate surface area is 181 Å². The first-order chi connectivity index (χ1) is 15.2. The average molecular weight is 414 g/mol. The van der Waals surface area contributed by atoms with Gasteiger partial charge in [0.2, 0.25) is 5.88 Å². The van der Waals surface area contributed by atoms with Crippen molar-refractivity contribution in [1.82, 2.24) is 4.98 Å². The fraction of sp³-hybridized carbons (Fsp3) is 0.240. The van der Waals surface area contributed by atoms with Crippen LogP contribution in [0.25, 0.3) is 11.3 Å². The lowest BCUT2D eigenvalue weighted by Gasteiger charge is -2.16. The number of hydrogen-bond donors (Lipinski definition) is 0. The molecule has 0 amide bonds. The molecule has 1 aliphatic heterocycles. The number of benzene rings is 2. The Morgan fingerprint density at radius 3 is 2.87 bits per heavy atom. The number of carbonyl (C=O) groups is 1. The third-order valence-corrected chi connectivity index (χ3v) is 5.21. The number of aryl methyl sites for hydroxylation is 1. The van der Waals surface area contributed by atoms with E-state index in [9.17, 15) is 10.1 Å². The minimum absolute atomic E-state index is 0.136. The largest absolute Gasteiger partial charge is 0.493 e. The molecule has 6 heteroatoms. The van der Waals surface area contributed by atoms with Crippen LogP contribution in [0.3, 0.4) is 0 Å². The van der Waals surface area contributed by atoms with Crippen LogP contribution in [-0.4, -0.2) is 24.7 Å². The van der Waals surface area contributed by atoms with E-state index < -0.39 is 0 Å². The van der Waals surface area contributed by atoms with Gasteiger partial charge in [-0.1, -0.05) is 24.3 Å². The van der Waals surface area contributed by atoms with Gasteiger partial charge >= 0.3 is 5.97 Å². The molecule has 0 saturated heterocycles. The summed E-state index contributed by atoms with van der Waals surface area (Å²) in [6.45, 7) is 0.851. The highest BCUT2D eigenvalue weighted by Gasteiger charge is 2.14. The first-order valence-electron chi connectivity index (χ1n) is 10.1. The highest BCUT2D eigenvalue weighted by atomic mass is 16.5. The van der Waals surface area contributed by atoms with E-state index >= 15 is 0 Å². The Morgan fingerprint density at radius 2 is 2.03 bits per heavy atom. The lowest BCUT2D eigenvalue weighted by atomic mass is 10.0. The van der Waals surface area contributed by atoms with E-state index in [1.165, 1.54) is 7.11 Å². The van der Waals surface area contributed by atoms with Crippen LogP contribution < -0.4 is 9.47 Å². The third-order valence-electron chi connectivity index (χ3n) is 5.21. The minimum Gasteiger partial charge on any atom is -0.493 e. The molecule has 0 spiro atoms. The van der Waals surface area contributed by atoms with Crippen LogP contribution >= 0.6 is 0 Å². The van der Waals surface area contributed by atoms with E-state index in [-0.39, 0.29) is 12.4 Å². The zero-order chi connectivity index (χ0) is 21.6. The Morgan fingerprint density at radius 1 is 1.13 bits per heavy atom. The number of ether oxygens (including phenoxy) is 3. The molecule has 0 saturated carbocycles. The zero-order valence-corrected chi connectivity index (χ0v) is 17.3. The smallest absolute Gasteiger partial charge is 0.310 e. The molecule has 0 fully saturated rings. The van der Waals surface area contributed by atoms with E-state index in [1.807, 2.05) is 48.5 Å². The standard InChI is InChI=1S/C25H22N2O4/c1-29-25(28)14-20-10-9-19-13-23(20)30-11-3-4-18-12-17(15-26)7-8-21(18)16-31-24-6-2-5-22(19)27-24/h2,5-10,12-13H,3-4,11,14,16H2,1H3. The van der Waals surface area contributed by atoms with Gasteiger partial charge in [-0.15, -0.1) is 0 Å². The number of fused-ring (bicyclic) bond motifs is 6. The number of methoxy groups -OCH3 is 1. The van der Waals surface area contributed by atoms with Crippen molar-refractivity contribution < 1.29 is 19.0 Å². The number of hydrogen-bond acceptors (Lipinski definition) is 6. The first kappa shape index (κ1) is 20.4. The minimum atomic E-state index is -0.321. The van der Waals surface area contributed by atoms with E-state index in [4.69, 9.17) is 14.2 Å². The summed E-state index contributed by atoms with van der Waals surface area (Å²) in [6.07, 6.45) is 1.64. The molecule has 0 N–H and O–H groups in total. The summed E-state index contributed by atoms with van der Waals surface area (Å²) in [6, 6.07) is 19.1. The summed E-state index contributed by atoms with van der Waals surface area (Å²) in [5.74, 6) is 0.837. The Hall–Kier alpha value is -3.85. The third kappa shape index (κ3) is 4.84. The number of rotatable bonds is 2. The van der Waals surface area contributed by atoms with Gasteiger partial charge in [-0.05, 0) is 48.2 Å². The van der Waals surface area contributed by atoms with Gasteiger partial charge in [-0.3, -0.25) is 4.79 Å². The van der Waals surface area contributed by atoms with E-state index in [1.54, 1.807) is 6.07 Å². The van der Waals surface area contributed by atoms with Crippen molar-refractivity contribution in [2.24, 2.45) is 0 Å². The lowest BCUT2D eigenvalue weighted by molar-refractivity contribution is -0.139. The van der Waals surface area contributed by atoms with Crippen LogP contribution in [0.1, 0.15) is 28.7 Å². The Kier molecular flexibility index (Phi) is 6.13. The van der Waals surface area contributed by atoms with Gasteiger partial charge in [0, 0.05) is 17.2 Å². The summed E-state index contributed by atoms with van der Waals surface area (Å²) in [7, 11) is 1.37. The SMILES string of the molecule is COC(=O)Cc1ccc2cc1OCCCc1cc(C#N)ccc1COc1cccc-2n1. The van der Waals surface area contributed by atoms with Gasteiger partial charge < -0.3 is 14.2 Å². The second kappa shape index (κ2) is 9.31. The van der Waals surface area contributed by atoms with Gasteiger partial charge in [-0.25, -0.2) is 4.98 Å². The molecular formula is C25H22N2O4. The molecule has 0 aliphatic carbocycles. The molecule has 4 rings (SSSR count). The maximum atomic E-state index is 11.8. The van der Waals surface area contributed by atoms with Crippen molar-refractivity contribution in [3.05, 3.63) is 76.9 Å².